The molecule has 0 fully saturated rings. The molecule has 0 radical (unpaired) electrons. The Labute approximate surface area is 99.4 Å². The summed E-state index contributed by atoms with van der Waals surface area (Å²) in [5.41, 5.74) is 0.789. The molecule has 1 aromatic carbocycles. The minimum atomic E-state index is -1.74. The van der Waals surface area contributed by atoms with E-state index in [0.29, 0.717) is 0 Å². The Morgan fingerprint density at radius 2 is 2.12 bits per heavy atom. The molecule has 94 valence electrons. The van der Waals surface area contributed by atoms with Crippen LogP contribution in [0.5, 0.6) is 0 Å². The van der Waals surface area contributed by atoms with Crippen LogP contribution < -0.4 is 5.32 Å². The van der Waals surface area contributed by atoms with Crippen molar-refractivity contribution in [3.63, 3.8) is 0 Å². The van der Waals surface area contributed by atoms with Crippen molar-refractivity contribution in [3.05, 3.63) is 35.9 Å². The van der Waals surface area contributed by atoms with Crippen LogP contribution in [0.25, 0.3) is 0 Å². The summed E-state index contributed by atoms with van der Waals surface area (Å²) in [7, 11) is 1.54. The number of aliphatic hydroxyl groups is 1. The Bertz CT molecular complexity index is 345. The quantitative estimate of drug-likeness (QED) is 0.718. The summed E-state index contributed by atoms with van der Waals surface area (Å²) >= 11 is 0. The summed E-state index contributed by atoms with van der Waals surface area (Å²) in [6, 6.07) is 9.00. The van der Waals surface area contributed by atoms with Crippen LogP contribution in [0.3, 0.4) is 0 Å². The number of hydrogen-bond acceptors (Lipinski definition) is 4. The molecule has 17 heavy (non-hydrogen) atoms. The molecule has 0 amide bonds. The lowest BCUT2D eigenvalue weighted by Crippen LogP contribution is -2.38. The van der Waals surface area contributed by atoms with Crippen LogP contribution >= 0.6 is 0 Å². The normalized spacial score (nSPS) is 14.1. The van der Waals surface area contributed by atoms with Gasteiger partial charge in [-0.05, 0) is 12.6 Å². The van der Waals surface area contributed by atoms with Crippen molar-refractivity contribution in [2.45, 2.75) is 18.9 Å². The Hall–Kier alpha value is -1.46. The van der Waals surface area contributed by atoms with Crippen molar-refractivity contribution in [2.75, 3.05) is 13.6 Å². The van der Waals surface area contributed by atoms with E-state index in [1.54, 1.807) is 24.3 Å². The minimum Gasteiger partial charge on any atom is -0.459 e. The van der Waals surface area contributed by atoms with E-state index in [9.17, 15) is 14.3 Å². The molecule has 0 bridgehead atoms. The number of carbonyl (C=O) groups is 1. The average molecular weight is 241 g/mol. The number of alkyl halides is 1. The van der Waals surface area contributed by atoms with Crippen LogP contribution in [0, 0.1) is 0 Å². The molecule has 2 unspecified atom stereocenters. The predicted octanol–water partition coefficient (Wildman–Crippen LogP) is 0.648. The second kappa shape index (κ2) is 6.98. The fraction of sp³-hybridized carbons (Fsp3) is 0.417. The molecule has 0 saturated heterocycles. The number of rotatable bonds is 6. The molecule has 0 spiro atoms. The Balaban J connectivity index is 2.39. The highest BCUT2D eigenvalue weighted by atomic mass is 19.1. The Kier molecular flexibility index (Phi) is 5.59. The number of aliphatic hydroxyl groups excluding tert-OH is 1. The van der Waals surface area contributed by atoms with Gasteiger partial charge in [0, 0.05) is 6.54 Å². The van der Waals surface area contributed by atoms with Gasteiger partial charge in [-0.2, -0.15) is 0 Å². The van der Waals surface area contributed by atoms with E-state index in [1.807, 2.05) is 6.07 Å². The molecule has 0 aromatic heterocycles. The summed E-state index contributed by atoms with van der Waals surface area (Å²) in [6.07, 6.45) is -3.41. The smallest absolute Gasteiger partial charge is 0.338 e. The first-order chi connectivity index (χ1) is 8.15. The number of halogens is 1. The first-order valence-corrected chi connectivity index (χ1v) is 5.32. The number of nitrogens with one attached hydrogen (secondary N) is 1. The highest BCUT2D eigenvalue weighted by Crippen LogP contribution is 2.05. The summed E-state index contributed by atoms with van der Waals surface area (Å²) < 4.78 is 18.0. The molecule has 0 aliphatic carbocycles. The number of ether oxygens (including phenoxy) is 1. The zero-order valence-electron chi connectivity index (χ0n) is 9.60. The van der Waals surface area contributed by atoms with E-state index in [4.69, 9.17) is 4.74 Å². The minimum absolute atomic E-state index is 0.0308. The van der Waals surface area contributed by atoms with Crippen LogP contribution in [-0.2, 0) is 16.1 Å². The average Bonchev–Trinajstić information content (AvgIpc) is 2.36. The fourth-order valence-electron chi connectivity index (χ4n) is 1.27. The fourth-order valence-corrected chi connectivity index (χ4v) is 1.27. The molecule has 1 rings (SSSR count). The lowest BCUT2D eigenvalue weighted by Gasteiger charge is -2.14. The van der Waals surface area contributed by atoms with Crippen LogP contribution in [-0.4, -0.2) is 36.9 Å². The van der Waals surface area contributed by atoms with E-state index >= 15 is 0 Å². The van der Waals surface area contributed by atoms with Crippen molar-refractivity contribution in [3.8, 4) is 0 Å². The van der Waals surface area contributed by atoms with Gasteiger partial charge in [0.05, 0.1) is 0 Å². The lowest BCUT2D eigenvalue weighted by molar-refractivity contribution is -0.158. The summed E-state index contributed by atoms with van der Waals surface area (Å²) in [6.45, 7) is -0.0649. The van der Waals surface area contributed by atoms with Gasteiger partial charge in [-0.1, -0.05) is 30.3 Å². The number of esters is 1. The lowest BCUT2D eigenvalue weighted by atomic mass is 10.2. The van der Waals surface area contributed by atoms with E-state index in [1.165, 1.54) is 7.05 Å². The number of carbonyl (C=O) groups excluding carboxylic acids is 1. The van der Waals surface area contributed by atoms with Crippen molar-refractivity contribution < 1.29 is 19.0 Å². The van der Waals surface area contributed by atoms with Gasteiger partial charge in [0.15, 0.2) is 6.10 Å². The maximum absolute atomic E-state index is 13.2. The largest absolute Gasteiger partial charge is 0.459 e. The summed E-state index contributed by atoms with van der Waals surface area (Å²) in [5, 5.41) is 11.8. The summed E-state index contributed by atoms with van der Waals surface area (Å²) in [5.74, 6) is -0.948. The zero-order chi connectivity index (χ0) is 12.7. The molecule has 2 atom stereocenters. The van der Waals surface area contributed by atoms with Crippen molar-refractivity contribution in [1.82, 2.24) is 5.32 Å². The third kappa shape index (κ3) is 4.50. The predicted molar refractivity (Wildman–Crippen MR) is 61.1 cm³/mol. The molecular formula is C12H16FNO3. The SMILES string of the molecule is CNCC(F)C(O)C(=O)OCc1ccccc1. The maximum atomic E-state index is 13.2. The number of benzene rings is 1. The first kappa shape index (κ1) is 13.6. The zero-order valence-corrected chi connectivity index (χ0v) is 9.60. The molecule has 0 saturated carbocycles. The highest BCUT2D eigenvalue weighted by molar-refractivity contribution is 5.75. The first-order valence-electron chi connectivity index (χ1n) is 5.32. The third-order valence-corrected chi connectivity index (χ3v) is 2.21. The molecule has 0 aliphatic heterocycles. The molecular weight excluding hydrogens is 225 g/mol. The Morgan fingerprint density at radius 1 is 1.47 bits per heavy atom. The summed E-state index contributed by atoms with van der Waals surface area (Å²) in [4.78, 5) is 11.3. The van der Waals surface area contributed by atoms with Gasteiger partial charge < -0.3 is 15.2 Å². The van der Waals surface area contributed by atoms with Crippen LogP contribution in [0.2, 0.25) is 0 Å². The van der Waals surface area contributed by atoms with Crippen molar-refractivity contribution in [1.29, 1.82) is 0 Å². The van der Waals surface area contributed by atoms with Gasteiger partial charge in [-0.3, -0.25) is 0 Å². The van der Waals surface area contributed by atoms with Crippen LogP contribution in [0.15, 0.2) is 30.3 Å². The van der Waals surface area contributed by atoms with Gasteiger partial charge >= 0.3 is 5.97 Å². The number of hydrogen-bond donors (Lipinski definition) is 2. The van der Waals surface area contributed by atoms with Gasteiger partial charge in [-0.15, -0.1) is 0 Å². The second-order valence-electron chi connectivity index (χ2n) is 3.61. The topological polar surface area (TPSA) is 58.6 Å². The van der Waals surface area contributed by atoms with E-state index in [2.05, 4.69) is 5.32 Å². The molecule has 1 aromatic rings. The van der Waals surface area contributed by atoms with E-state index < -0.39 is 18.2 Å². The molecule has 0 aliphatic rings. The Morgan fingerprint density at radius 3 is 2.71 bits per heavy atom. The van der Waals surface area contributed by atoms with Gasteiger partial charge in [0.25, 0.3) is 0 Å². The third-order valence-electron chi connectivity index (χ3n) is 2.21. The standard InChI is InChI=1S/C12H16FNO3/c1-14-7-10(13)11(15)12(16)17-8-9-5-3-2-4-6-9/h2-6,10-11,14-15H,7-8H2,1H3. The second-order valence-corrected chi connectivity index (χ2v) is 3.61. The maximum Gasteiger partial charge on any atom is 0.338 e. The van der Waals surface area contributed by atoms with Crippen LogP contribution in [0.4, 0.5) is 4.39 Å². The highest BCUT2D eigenvalue weighted by Gasteiger charge is 2.26. The van der Waals surface area contributed by atoms with Crippen molar-refractivity contribution >= 4 is 5.97 Å². The molecule has 4 nitrogen and oxygen atoms in total. The molecule has 2 N–H and O–H groups in total. The van der Waals surface area contributed by atoms with Crippen LogP contribution in [0.1, 0.15) is 5.56 Å². The van der Waals surface area contributed by atoms with Gasteiger partial charge in [0.2, 0.25) is 0 Å². The monoisotopic (exact) mass is 241 g/mol. The van der Waals surface area contributed by atoms with Crippen molar-refractivity contribution in [2.24, 2.45) is 0 Å². The molecule has 5 heteroatoms. The molecule has 0 heterocycles. The van der Waals surface area contributed by atoms with Gasteiger partial charge in [-0.25, -0.2) is 9.18 Å². The van der Waals surface area contributed by atoms with E-state index in [0.717, 1.165) is 5.56 Å². The van der Waals surface area contributed by atoms with E-state index in [-0.39, 0.29) is 13.2 Å². The van der Waals surface area contributed by atoms with Gasteiger partial charge in [0.1, 0.15) is 12.8 Å².